The molecule has 0 amide bonds. The van der Waals surface area contributed by atoms with E-state index in [1.54, 1.807) is 23.9 Å². The third-order valence-electron chi connectivity index (χ3n) is 2.86. The van der Waals surface area contributed by atoms with Gasteiger partial charge in [-0.3, -0.25) is 0 Å². The van der Waals surface area contributed by atoms with Gasteiger partial charge in [-0.1, -0.05) is 11.2 Å². The molecule has 0 unspecified atom stereocenters. The molecule has 0 aliphatic heterocycles. The Bertz CT molecular complexity index is 751. The maximum absolute atomic E-state index is 11.9. The second-order valence-electron chi connectivity index (χ2n) is 4.29. The molecule has 0 aliphatic carbocycles. The Morgan fingerprint density at radius 3 is 2.82 bits per heavy atom. The predicted octanol–water partition coefficient (Wildman–Crippen LogP) is 3.88. The number of hydrogen-bond donors (Lipinski definition) is 0. The highest BCUT2D eigenvalue weighted by molar-refractivity contribution is 7.98. The molecule has 22 heavy (non-hydrogen) atoms. The highest BCUT2D eigenvalue weighted by Crippen LogP contribution is 2.21. The summed E-state index contributed by atoms with van der Waals surface area (Å²) in [5, 5.41) is 5.80. The predicted molar refractivity (Wildman–Crippen MR) is 85.0 cm³/mol. The summed E-state index contributed by atoms with van der Waals surface area (Å²) in [5.74, 6) is 0.367. The first kappa shape index (κ1) is 14.8. The van der Waals surface area contributed by atoms with Crippen LogP contribution in [0.3, 0.4) is 0 Å². The first-order chi connectivity index (χ1) is 10.8. The van der Waals surface area contributed by atoms with E-state index in [1.165, 1.54) is 11.3 Å². The molecule has 2 aromatic heterocycles. The zero-order chi connectivity index (χ0) is 15.4. The summed E-state index contributed by atoms with van der Waals surface area (Å²) in [4.78, 5) is 18.1. The number of benzene rings is 1. The zero-order valence-corrected chi connectivity index (χ0v) is 13.3. The van der Waals surface area contributed by atoms with Gasteiger partial charge in [0, 0.05) is 4.90 Å². The minimum atomic E-state index is -0.413. The quantitative estimate of drug-likeness (QED) is 0.522. The van der Waals surface area contributed by atoms with Gasteiger partial charge in [-0.15, -0.1) is 23.1 Å². The first-order valence-electron chi connectivity index (χ1n) is 6.44. The summed E-state index contributed by atoms with van der Waals surface area (Å²) in [6.07, 6.45) is 1.98. The Kier molecular flexibility index (Phi) is 4.55. The Morgan fingerprint density at radius 2 is 2.14 bits per heavy atom. The Balaban J connectivity index is 1.61. The van der Waals surface area contributed by atoms with Gasteiger partial charge in [0.25, 0.3) is 5.89 Å². The van der Waals surface area contributed by atoms with E-state index < -0.39 is 5.97 Å². The Hall–Kier alpha value is -2.12. The average Bonchev–Trinajstić information content (AvgIpc) is 3.23. The number of carbonyl (C=O) groups is 1. The van der Waals surface area contributed by atoms with E-state index in [2.05, 4.69) is 10.1 Å². The van der Waals surface area contributed by atoms with Crippen LogP contribution in [-0.2, 0) is 11.3 Å². The molecule has 112 valence electrons. The van der Waals surface area contributed by atoms with Crippen molar-refractivity contribution in [3.8, 4) is 10.7 Å². The third-order valence-corrected chi connectivity index (χ3v) is 4.47. The van der Waals surface area contributed by atoms with Crippen LogP contribution in [0.2, 0.25) is 0 Å². The topological polar surface area (TPSA) is 65.2 Å². The molecule has 7 heteroatoms. The lowest BCUT2D eigenvalue weighted by Gasteiger charge is -2.02. The van der Waals surface area contributed by atoms with E-state index in [0.717, 1.165) is 9.77 Å². The van der Waals surface area contributed by atoms with Gasteiger partial charge in [0.1, 0.15) is 0 Å². The number of ether oxygens (including phenoxy) is 1. The summed E-state index contributed by atoms with van der Waals surface area (Å²) < 4.78 is 10.3. The van der Waals surface area contributed by atoms with E-state index in [-0.39, 0.29) is 12.5 Å². The number of esters is 1. The van der Waals surface area contributed by atoms with E-state index in [0.29, 0.717) is 11.4 Å². The fourth-order valence-electron chi connectivity index (χ4n) is 1.76. The maximum Gasteiger partial charge on any atom is 0.338 e. The van der Waals surface area contributed by atoms with Crippen LogP contribution in [-0.4, -0.2) is 22.4 Å². The van der Waals surface area contributed by atoms with Crippen molar-refractivity contribution >= 4 is 29.1 Å². The molecular formula is C15H12N2O3S2. The fraction of sp³-hybridized carbons (Fsp3) is 0.133. The van der Waals surface area contributed by atoms with Crippen molar-refractivity contribution in [3.63, 3.8) is 0 Å². The highest BCUT2D eigenvalue weighted by atomic mass is 32.2. The van der Waals surface area contributed by atoms with Crippen LogP contribution in [0.15, 0.2) is 51.2 Å². The lowest BCUT2D eigenvalue weighted by Crippen LogP contribution is -2.05. The van der Waals surface area contributed by atoms with Gasteiger partial charge in [-0.2, -0.15) is 4.98 Å². The molecule has 2 heterocycles. The van der Waals surface area contributed by atoms with Gasteiger partial charge < -0.3 is 9.26 Å². The lowest BCUT2D eigenvalue weighted by atomic mass is 10.2. The highest BCUT2D eigenvalue weighted by Gasteiger charge is 2.12. The van der Waals surface area contributed by atoms with Gasteiger partial charge in [0.2, 0.25) is 5.82 Å². The minimum absolute atomic E-state index is 0.0402. The van der Waals surface area contributed by atoms with Crippen LogP contribution in [0.5, 0.6) is 0 Å². The van der Waals surface area contributed by atoms with Gasteiger partial charge in [-0.25, -0.2) is 4.79 Å². The molecule has 0 bridgehead atoms. The summed E-state index contributed by atoms with van der Waals surface area (Å²) in [5.41, 5.74) is 0.496. The molecule has 1 aromatic carbocycles. The van der Waals surface area contributed by atoms with Gasteiger partial charge >= 0.3 is 5.97 Å². The minimum Gasteiger partial charge on any atom is -0.452 e. The second kappa shape index (κ2) is 6.76. The largest absolute Gasteiger partial charge is 0.452 e. The standard InChI is InChI=1S/C15H12N2O3S2/c1-21-11-6-4-10(5-7-11)15(18)19-9-13-16-14(17-20-13)12-3-2-8-22-12/h2-8H,9H2,1H3. The van der Waals surface area contributed by atoms with Crippen molar-refractivity contribution in [2.24, 2.45) is 0 Å². The van der Waals surface area contributed by atoms with E-state index in [1.807, 2.05) is 35.9 Å². The van der Waals surface area contributed by atoms with Crippen molar-refractivity contribution in [3.05, 3.63) is 53.2 Å². The number of carbonyl (C=O) groups excluding carboxylic acids is 1. The van der Waals surface area contributed by atoms with E-state index >= 15 is 0 Å². The van der Waals surface area contributed by atoms with Crippen LogP contribution >= 0.6 is 23.1 Å². The maximum atomic E-state index is 11.9. The third kappa shape index (κ3) is 3.37. The van der Waals surface area contributed by atoms with Crippen LogP contribution in [0, 0.1) is 0 Å². The van der Waals surface area contributed by atoms with E-state index in [9.17, 15) is 4.79 Å². The van der Waals surface area contributed by atoms with Crippen molar-refractivity contribution < 1.29 is 14.1 Å². The average molecular weight is 332 g/mol. The zero-order valence-electron chi connectivity index (χ0n) is 11.7. The normalized spacial score (nSPS) is 10.6. The number of hydrogen-bond acceptors (Lipinski definition) is 7. The van der Waals surface area contributed by atoms with E-state index in [4.69, 9.17) is 9.26 Å². The Morgan fingerprint density at radius 1 is 1.32 bits per heavy atom. The van der Waals surface area contributed by atoms with Gasteiger partial charge in [0.15, 0.2) is 6.61 Å². The summed E-state index contributed by atoms with van der Waals surface area (Å²) in [7, 11) is 0. The number of nitrogens with zero attached hydrogens (tertiary/aromatic N) is 2. The molecule has 0 fully saturated rings. The van der Waals surface area contributed by atoms with Gasteiger partial charge in [-0.05, 0) is 42.0 Å². The molecule has 3 rings (SSSR count). The molecular weight excluding hydrogens is 320 g/mol. The number of thiophene rings is 1. The van der Waals surface area contributed by atoms with Crippen LogP contribution in [0.25, 0.3) is 10.7 Å². The smallest absolute Gasteiger partial charge is 0.338 e. The molecule has 0 aliphatic rings. The molecule has 0 radical (unpaired) electrons. The molecule has 5 nitrogen and oxygen atoms in total. The summed E-state index contributed by atoms with van der Waals surface area (Å²) in [6.45, 7) is -0.0402. The van der Waals surface area contributed by atoms with Crippen molar-refractivity contribution in [1.29, 1.82) is 0 Å². The van der Waals surface area contributed by atoms with Crippen molar-refractivity contribution in [2.45, 2.75) is 11.5 Å². The molecule has 0 saturated carbocycles. The molecule has 0 saturated heterocycles. The lowest BCUT2D eigenvalue weighted by molar-refractivity contribution is 0.0429. The summed E-state index contributed by atoms with van der Waals surface area (Å²) in [6, 6.07) is 11.0. The van der Waals surface area contributed by atoms with Crippen LogP contribution in [0.4, 0.5) is 0 Å². The monoisotopic (exact) mass is 332 g/mol. The molecule has 0 atom stereocenters. The first-order valence-corrected chi connectivity index (χ1v) is 8.54. The molecule has 0 spiro atoms. The number of thioether (sulfide) groups is 1. The summed E-state index contributed by atoms with van der Waals surface area (Å²) >= 11 is 3.14. The number of rotatable bonds is 5. The van der Waals surface area contributed by atoms with Crippen LogP contribution in [0.1, 0.15) is 16.2 Å². The molecule has 3 aromatic rings. The molecule has 0 N–H and O–H groups in total. The fourth-order valence-corrected chi connectivity index (χ4v) is 2.81. The van der Waals surface area contributed by atoms with Crippen molar-refractivity contribution in [1.82, 2.24) is 10.1 Å². The second-order valence-corrected chi connectivity index (χ2v) is 6.12. The Labute approximate surface area is 135 Å². The van der Waals surface area contributed by atoms with Gasteiger partial charge in [0.05, 0.1) is 10.4 Å². The number of aromatic nitrogens is 2. The van der Waals surface area contributed by atoms with Crippen molar-refractivity contribution in [2.75, 3.05) is 6.26 Å². The SMILES string of the molecule is CSc1ccc(C(=O)OCc2nc(-c3cccs3)no2)cc1. The van der Waals surface area contributed by atoms with Crippen LogP contribution < -0.4 is 0 Å².